The first kappa shape index (κ1) is 12.4. The Morgan fingerprint density at radius 3 is 2.73 bits per heavy atom. The van der Waals surface area contributed by atoms with Crippen molar-refractivity contribution in [3.8, 4) is 6.07 Å². The van der Waals surface area contributed by atoms with Gasteiger partial charge < -0.3 is 4.90 Å². The average Bonchev–Trinajstić information content (AvgIpc) is 2.38. The van der Waals surface area contributed by atoms with Crippen molar-refractivity contribution in [1.82, 2.24) is 4.90 Å². The molecule has 0 aromatic heterocycles. The number of hydrogen-bond acceptors (Lipinski definition) is 2. The first-order valence-corrected chi connectivity index (χ1v) is 5.51. The molecule has 0 aliphatic carbocycles. The molecule has 0 aromatic carbocycles. The summed E-state index contributed by atoms with van der Waals surface area (Å²) >= 11 is 0. The highest BCUT2D eigenvalue weighted by Gasteiger charge is 2.23. The van der Waals surface area contributed by atoms with Crippen LogP contribution >= 0.6 is 0 Å². The largest absolute Gasteiger partial charge is 0.303 e. The second-order valence-corrected chi connectivity index (χ2v) is 4.42. The maximum absolute atomic E-state index is 12.6. The zero-order valence-electron chi connectivity index (χ0n) is 9.18. The van der Waals surface area contributed by atoms with E-state index in [-0.39, 0.29) is 12.3 Å². The van der Waals surface area contributed by atoms with Crippen LogP contribution in [0.1, 0.15) is 32.6 Å². The predicted octanol–water partition coefficient (Wildman–Crippen LogP) is 2.66. The molecule has 2 nitrogen and oxygen atoms in total. The first-order chi connectivity index (χ1) is 7.01. The van der Waals surface area contributed by atoms with Crippen LogP contribution in [0.25, 0.3) is 0 Å². The molecule has 1 rings (SSSR count). The molecule has 86 valence electrons. The van der Waals surface area contributed by atoms with Crippen LogP contribution in [0.2, 0.25) is 0 Å². The van der Waals surface area contributed by atoms with Gasteiger partial charge >= 0.3 is 0 Å². The second-order valence-electron chi connectivity index (χ2n) is 4.42. The minimum Gasteiger partial charge on any atom is -0.303 e. The van der Waals surface area contributed by atoms with Gasteiger partial charge in [-0.3, -0.25) is 0 Å². The van der Waals surface area contributed by atoms with Crippen molar-refractivity contribution >= 4 is 0 Å². The summed E-state index contributed by atoms with van der Waals surface area (Å²) < 4.78 is 25.3. The molecule has 0 N–H and O–H groups in total. The second kappa shape index (κ2) is 5.41. The fraction of sp³-hybridized carbons (Fsp3) is 0.909. The van der Waals surface area contributed by atoms with Gasteiger partial charge in [-0.2, -0.15) is 5.26 Å². The normalized spacial score (nSPS) is 24.5. The molecule has 1 saturated heterocycles. The van der Waals surface area contributed by atoms with E-state index in [1.807, 2.05) is 0 Å². The third-order valence-electron chi connectivity index (χ3n) is 2.87. The van der Waals surface area contributed by atoms with Gasteiger partial charge in [0.1, 0.15) is 0 Å². The first-order valence-electron chi connectivity index (χ1n) is 5.51. The Hall–Kier alpha value is -0.690. The molecule has 1 heterocycles. The SMILES string of the molecule is CC(F)(F)CCN1CCCC(C#N)CC1. The van der Waals surface area contributed by atoms with Gasteiger partial charge in [-0.1, -0.05) is 0 Å². The molecule has 0 spiro atoms. The Kier molecular flexibility index (Phi) is 4.46. The van der Waals surface area contributed by atoms with Crippen LogP contribution < -0.4 is 0 Å². The van der Waals surface area contributed by atoms with Crippen LogP contribution in [0.5, 0.6) is 0 Å². The highest BCUT2D eigenvalue weighted by atomic mass is 19.3. The lowest BCUT2D eigenvalue weighted by atomic mass is 10.0. The monoisotopic (exact) mass is 216 g/mol. The quantitative estimate of drug-likeness (QED) is 0.725. The van der Waals surface area contributed by atoms with Gasteiger partial charge in [-0.05, 0) is 39.3 Å². The maximum Gasteiger partial charge on any atom is 0.246 e. The van der Waals surface area contributed by atoms with Crippen molar-refractivity contribution in [1.29, 1.82) is 5.26 Å². The van der Waals surface area contributed by atoms with E-state index in [0.29, 0.717) is 6.54 Å². The molecule has 0 saturated carbocycles. The van der Waals surface area contributed by atoms with Crippen LogP contribution in [0.4, 0.5) is 8.78 Å². The van der Waals surface area contributed by atoms with E-state index in [4.69, 9.17) is 5.26 Å². The van der Waals surface area contributed by atoms with E-state index >= 15 is 0 Å². The minimum absolute atomic E-state index is 0.0791. The Morgan fingerprint density at radius 2 is 2.13 bits per heavy atom. The van der Waals surface area contributed by atoms with E-state index in [1.54, 1.807) is 0 Å². The summed E-state index contributed by atoms with van der Waals surface area (Å²) in [6.07, 6.45) is 2.61. The summed E-state index contributed by atoms with van der Waals surface area (Å²) in [6.45, 7) is 3.05. The predicted molar refractivity (Wildman–Crippen MR) is 54.6 cm³/mol. The number of hydrogen-bond donors (Lipinski definition) is 0. The van der Waals surface area contributed by atoms with Crippen LogP contribution in [-0.4, -0.2) is 30.5 Å². The molecular weight excluding hydrogens is 198 g/mol. The zero-order valence-corrected chi connectivity index (χ0v) is 9.18. The van der Waals surface area contributed by atoms with E-state index in [2.05, 4.69) is 11.0 Å². The van der Waals surface area contributed by atoms with Crippen molar-refractivity contribution in [2.75, 3.05) is 19.6 Å². The van der Waals surface area contributed by atoms with Gasteiger partial charge in [0.05, 0.1) is 6.07 Å². The highest BCUT2D eigenvalue weighted by Crippen LogP contribution is 2.20. The maximum atomic E-state index is 12.6. The van der Waals surface area contributed by atoms with Crippen LogP contribution in [0, 0.1) is 17.2 Å². The molecule has 0 radical (unpaired) electrons. The molecule has 1 fully saturated rings. The fourth-order valence-electron chi connectivity index (χ4n) is 1.86. The van der Waals surface area contributed by atoms with Crippen molar-refractivity contribution < 1.29 is 8.78 Å². The van der Waals surface area contributed by atoms with Gasteiger partial charge in [0.15, 0.2) is 0 Å². The summed E-state index contributed by atoms with van der Waals surface area (Å²) in [5.74, 6) is -2.45. The molecule has 1 aliphatic rings. The van der Waals surface area contributed by atoms with Crippen LogP contribution in [-0.2, 0) is 0 Å². The topological polar surface area (TPSA) is 27.0 Å². The molecule has 1 unspecified atom stereocenters. The fourth-order valence-corrected chi connectivity index (χ4v) is 1.86. The van der Waals surface area contributed by atoms with E-state index < -0.39 is 5.92 Å². The van der Waals surface area contributed by atoms with Crippen LogP contribution in [0.15, 0.2) is 0 Å². The smallest absolute Gasteiger partial charge is 0.246 e. The van der Waals surface area contributed by atoms with Crippen molar-refractivity contribution in [3.63, 3.8) is 0 Å². The molecule has 0 bridgehead atoms. The molecule has 4 heteroatoms. The molecule has 1 atom stereocenters. The summed E-state index contributed by atoms with van der Waals surface area (Å²) in [5.41, 5.74) is 0. The summed E-state index contributed by atoms with van der Waals surface area (Å²) in [5, 5.41) is 8.77. The van der Waals surface area contributed by atoms with Gasteiger partial charge in [0.2, 0.25) is 5.92 Å². The van der Waals surface area contributed by atoms with E-state index in [0.717, 1.165) is 39.3 Å². The standard InChI is InChI=1S/C11H18F2N2/c1-11(12,13)5-8-15-6-2-3-10(9-14)4-7-15/h10H,2-8H2,1H3. The zero-order chi connectivity index (χ0) is 11.3. The molecule has 1 aliphatic heterocycles. The summed E-state index contributed by atoms with van der Waals surface area (Å²) in [6, 6.07) is 2.26. The number of likely N-dealkylation sites (tertiary alicyclic amines) is 1. The van der Waals surface area contributed by atoms with Gasteiger partial charge in [-0.25, -0.2) is 8.78 Å². The molecule has 0 amide bonds. The number of halogens is 2. The lowest BCUT2D eigenvalue weighted by Gasteiger charge is -2.21. The van der Waals surface area contributed by atoms with Crippen LogP contribution in [0.3, 0.4) is 0 Å². The Bertz CT molecular complexity index is 230. The number of nitrogens with zero attached hydrogens (tertiary/aromatic N) is 2. The van der Waals surface area contributed by atoms with E-state index in [9.17, 15) is 8.78 Å². The van der Waals surface area contributed by atoms with Gasteiger partial charge in [0, 0.05) is 18.9 Å². The molecular formula is C11H18F2N2. The number of alkyl halides is 2. The van der Waals surface area contributed by atoms with Crippen molar-refractivity contribution in [2.45, 2.75) is 38.5 Å². The number of rotatable bonds is 3. The Labute approximate surface area is 89.9 Å². The lowest BCUT2D eigenvalue weighted by molar-refractivity contribution is 0.00345. The Morgan fingerprint density at radius 1 is 1.40 bits per heavy atom. The average molecular weight is 216 g/mol. The third kappa shape index (κ3) is 5.08. The van der Waals surface area contributed by atoms with Crippen molar-refractivity contribution in [2.24, 2.45) is 5.92 Å². The molecule has 15 heavy (non-hydrogen) atoms. The van der Waals surface area contributed by atoms with Crippen molar-refractivity contribution in [3.05, 3.63) is 0 Å². The van der Waals surface area contributed by atoms with Gasteiger partial charge in [0.25, 0.3) is 0 Å². The molecule has 0 aromatic rings. The Balaban J connectivity index is 2.29. The minimum atomic E-state index is -2.57. The highest BCUT2D eigenvalue weighted by molar-refractivity contribution is 4.85. The number of nitriles is 1. The lowest BCUT2D eigenvalue weighted by Crippen LogP contribution is -2.29. The van der Waals surface area contributed by atoms with Gasteiger partial charge in [-0.15, -0.1) is 0 Å². The summed E-state index contributed by atoms with van der Waals surface area (Å²) in [4.78, 5) is 2.05. The third-order valence-corrected chi connectivity index (χ3v) is 2.87. The van der Waals surface area contributed by atoms with E-state index in [1.165, 1.54) is 0 Å². The summed E-state index contributed by atoms with van der Waals surface area (Å²) in [7, 11) is 0.